The first kappa shape index (κ1) is 17.1. The van der Waals surface area contributed by atoms with Gasteiger partial charge in [0.25, 0.3) is 5.91 Å². The molecule has 1 aliphatic heterocycles. The summed E-state index contributed by atoms with van der Waals surface area (Å²) in [5.41, 5.74) is 1.99. The van der Waals surface area contributed by atoms with Crippen LogP contribution >= 0.6 is 22.9 Å². The SMILES string of the molecule is O=C(NCc1cc2ccccc2[nH]1)[C@@H]1CCCN1C(=O)c1ccc(Cl)s1. The largest absolute Gasteiger partial charge is 0.357 e. The van der Waals surface area contributed by atoms with Crippen LogP contribution in [-0.2, 0) is 11.3 Å². The molecule has 0 saturated carbocycles. The van der Waals surface area contributed by atoms with Gasteiger partial charge in [0.1, 0.15) is 6.04 Å². The molecule has 2 N–H and O–H groups in total. The van der Waals surface area contributed by atoms with Gasteiger partial charge in [-0.1, -0.05) is 29.8 Å². The highest BCUT2D eigenvalue weighted by atomic mass is 35.5. The second-order valence-corrected chi connectivity index (χ2v) is 8.08. The van der Waals surface area contributed by atoms with Gasteiger partial charge in [0.05, 0.1) is 15.8 Å². The Kier molecular flexibility index (Phi) is 4.70. The molecule has 0 aliphatic carbocycles. The predicted molar refractivity (Wildman–Crippen MR) is 104 cm³/mol. The highest BCUT2D eigenvalue weighted by Crippen LogP contribution is 2.26. The van der Waals surface area contributed by atoms with Crippen LogP contribution < -0.4 is 5.32 Å². The van der Waals surface area contributed by atoms with Crippen LogP contribution in [0, 0.1) is 0 Å². The minimum Gasteiger partial charge on any atom is -0.357 e. The Morgan fingerprint density at radius 1 is 1.27 bits per heavy atom. The maximum atomic E-state index is 12.7. The Hall–Kier alpha value is -2.31. The van der Waals surface area contributed by atoms with Crippen molar-refractivity contribution in [3.05, 3.63) is 57.4 Å². The van der Waals surface area contributed by atoms with Crippen LogP contribution in [0.15, 0.2) is 42.5 Å². The summed E-state index contributed by atoms with van der Waals surface area (Å²) in [6.45, 7) is 1.01. The second kappa shape index (κ2) is 7.13. The fraction of sp³-hybridized carbons (Fsp3) is 0.263. The van der Waals surface area contributed by atoms with Crippen LogP contribution in [0.2, 0.25) is 4.34 Å². The van der Waals surface area contributed by atoms with E-state index in [4.69, 9.17) is 11.6 Å². The van der Waals surface area contributed by atoms with Crippen LogP contribution in [0.4, 0.5) is 0 Å². The molecule has 2 amide bonds. The molecule has 7 heteroatoms. The van der Waals surface area contributed by atoms with E-state index in [9.17, 15) is 9.59 Å². The zero-order valence-corrected chi connectivity index (χ0v) is 15.6. The van der Waals surface area contributed by atoms with Crippen LogP contribution in [0.3, 0.4) is 0 Å². The molecule has 0 radical (unpaired) electrons. The van der Waals surface area contributed by atoms with E-state index < -0.39 is 6.04 Å². The lowest BCUT2D eigenvalue weighted by molar-refractivity contribution is -0.125. The Labute approximate surface area is 160 Å². The Bertz CT molecular complexity index is 932. The predicted octanol–water partition coefficient (Wildman–Crippen LogP) is 3.80. The number of thiophene rings is 1. The number of likely N-dealkylation sites (tertiary alicyclic amines) is 1. The minimum atomic E-state index is -0.423. The van der Waals surface area contributed by atoms with Gasteiger partial charge in [-0.05, 0) is 42.5 Å². The highest BCUT2D eigenvalue weighted by molar-refractivity contribution is 7.18. The zero-order chi connectivity index (χ0) is 18.1. The lowest BCUT2D eigenvalue weighted by atomic mass is 10.2. The maximum absolute atomic E-state index is 12.7. The summed E-state index contributed by atoms with van der Waals surface area (Å²) in [4.78, 5) is 30.8. The number of amides is 2. The van der Waals surface area contributed by atoms with Crippen LogP contribution in [-0.4, -0.2) is 34.3 Å². The molecule has 26 heavy (non-hydrogen) atoms. The number of halogens is 1. The summed E-state index contributed by atoms with van der Waals surface area (Å²) in [5, 5.41) is 4.07. The number of para-hydroxylation sites is 1. The van der Waals surface area contributed by atoms with Crippen molar-refractivity contribution < 1.29 is 9.59 Å². The van der Waals surface area contributed by atoms with Crippen LogP contribution in [0.25, 0.3) is 10.9 Å². The van der Waals surface area contributed by atoms with E-state index in [1.54, 1.807) is 17.0 Å². The monoisotopic (exact) mass is 387 g/mol. The zero-order valence-electron chi connectivity index (χ0n) is 14.0. The third kappa shape index (κ3) is 3.34. The number of nitrogens with zero attached hydrogens (tertiary/aromatic N) is 1. The molecule has 5 nitrogen and oxygen atoms in total. The van der Waals surface area contributed by atoms with Gasteiger partial charge >= 0.3 is 0 Å². The second-order valence-electron chi connectivity index (χ2n) is 6.36. The number of rotatable bonds is 4. The lowest BCUT2D eigenvalue weighted by Gasteiger charge is -2.23. The van der Waals surface area contributed by atoms with Gasteiger partial charge in [0, 0.05) is 17.8 Å². The Morgan fingerprint density at radius 3 is 2.88 bits per heavy atom. The number of aromatic amines is 1. The molecule has 1 aromatic carbocycles. The number of carbonyl (C=O) groups excluding carboxylic acids is 2. The smallest absolute Gasteiger partial charge is 0.264 e. The molecule has 1 saturated heterocycles. The first-order chi connectivity index (χ1) is 12.6. The number of benzene rings is 1. The van der Waals surface area contributed by atoms with Crippen molar-refractivity contribution >= 4 is 45.7 Å². The quantitative estimate of drug-likeness (QED) is 0.715. The van der Waals surface area contributed by atoms with Gasteiger partial charge in [-0.15, -0.1) is 11.3 Å². The number of carbonyl (C=O) groups is 2. The highest BCUT2D eigenvalue weighted by Gasteiger charge is 2.34. The van der Waals surface area contributed by atoms with Gasteiger partial charge in [0.2, 0.25) is 5.91 Å². The molecule has 4 rings (SSSR count). The molecule has 1 atom stereocenters. The number of fused-ring (bicyclic) bond motifs is 1. The summed E-state index contributed by atoms with van der Waals surface area (Å²) < 4.78 is 0.576. The third-order valence-electron chi connectivity index (χ3n) is 4.64. The summed E-state index contributed by atoms with van der Waals surface area (Å²) in [5.74, 6) is -0.234. The van der Waals surface area contributed by atoms with E-state index in [0.717, 1.165) is 23.0 Å². The van der Waals surface area contributed by atoms with E-state index in [1.165, 1.54) is 11.3 Å². The summed E-state index contributed by atoms with van der Waals surface area (Å²) in [7, 11) is 0. The van der Waals surface area contributed by atoms with Gasteiger partial charge in [-0.2, -0.15) is 0 Å². The van der Waals surface area contributed by atoms with Crippen LogP contribution in [0.5, 0.6) is 0 Å². The van der Waals surface area contributed by atoms with Gasteiger partial charge in [0.15, 0.2) is 0 Å². The van der Waals surface area contributed by atoms with E-state index in [-0.39, 0.29) is 11.8 Å². The lowest BCUT2D eigenvalue weighted by Crippen LogP contribution is -2.45. The topological polar surface area (TPSA) is 65.2 Å². The number of hydrogen-bond donors (Lipinski definition) is 2. The van der Waals surface area contributed by atoms with E-state index in [1.807, 2.05) is 30.3 Å². The first-order valence-corrected chi connectivity index (χ1v) is 9.72. The number of aromatic nitrogens is 1. The number of hydrogen-bond acceptors (Lipinski definition) is 3. The number of nitrogens with one attached hydrogen (secondary N) is 2. The minimum absolute atomic E-state index is 0.114. The summed E-state index contributed by atoms with van der Waals surface area (Å²) >= 11 is 7.17. The Morgan fingerprint density at radius 2 is 2.12 bits per heavy atom. The molecule has 0 spiro atoms. The van der Waals surface area contributed by atoms with Crippen molar-refractivity contribution in [2.45, 2.75) is 25.4 Å². The first-order valence-electron chi connectivity index (χ1n) is 8.52. The fourth-order valence-corrected chi connectivity index (χ4v) is 4.38. The van der Waals surface area contributed by atoms with Crippen molar-refractivity contribution in [3.8, 4) is 0 Å². The van der Waals surface area contributed by atoms with Crippen molar-refractivity contribution in [1.29, 1.82) is 0 Å². The van der Waals surface area contributed by atoms with E-state index in [2.05, 4.69) is 10.3 Å². The normalized spacial score (nSPS) is 17.0. The van der Waals surface area contributed by atoms with E-state index in [0.29, 0.717) is 28.7 Å². The average molecular weight is 388 g/mol. The van der Waals surface area contributed by atoms with Crippen molar-refractivity contribution in [2.75, 3.05) is 6.54 Å². The molecule has 1 aliphatic rings. The van der Waals surface area contributed by atoms with Crippen molar-refractivity contribution in [2.24, 2.45) is 0 Å². The molecule has 2 aromatic heterocycles. The Balaban J connectivity index is 1.42. The standard InChI is InChI=1S/C19H18ClN3O2S/c20-17-8-7-16(26-17)19(25)23-9-3-6-15(23)18(24)21-11-13-10-12-4-1-2-5-14(12)22-13/h1-2,4-5,7-8,10,15,22H,3,6,9,11H2,(H,21,24)/t15-/m0/s1. The van der Waals surface area contributed by atoms with Gasteiger partial charge in [-0.25, -0.2) is 0 Å². The summed E-state index contributed by atoms with van der Waals surface area (Å²) in [6, 6.07) is 13.0. The van der Waals surface area contributed by atoms with Crippen molar-refractivity contribution in [1.82, 2.24) is 15.2 Å². The molecule has 0 bridgehead atoms. The van der Waals surface area contributed by atoms with Gasteiger partial charge in [-0.3, -0.25) is 9.59 Å². The molecular weight excluding hydrogens is 370 g/mol. The molecule has 3 aromatic rings. The molecule has 134 valence electrons. The molecule has 3 heterocycles. The van der Waals surface area contributed by atoms with Crippen LogP contribution in [0.1, 0.15) is 28.2 Å². The average Bonchev–Trinajstić information content (AvgIpc) is 3.37. The third-order valence-corrected chi connectivity index (χ3v) is 5.86. The van der Waals surface area contributed by atoms with Crippen molar-refractivity contribution in [3.63, 3.8) is 0 Å². The van der Waals surface area contributed by atoms with Gasteiger partial charge < -0.3 is 15.2 Å². The summed E-state index contributed by atoms with van der Waals surface area (Å²) in [6.07, 6.45) is 1.51. The fourth-order valence-electron chi connectivity index (χ4n) is 3.38. The number of H-pyrrole nitrogens is 1. The molecule has 1 fully saturated rings. The molecule has 0 unspecified atom stereocenters. The molecular formula is C19H18ClN3O2S. The maximum Gasteiger partial charge on any atom is 0.264 e. The van der Waals surface area contributed by atoms with E-state index >= 15 is 0 Å².